The Morgan fingerprint density at radius 2 is 1.23 bits per heavy atom. The van der Waals surface area contributed by atoms with Crippen LogP contribution in [0.1, 0.15) is 67.7 Å². The Morgan fingerprint density at radius 1 is 0.742 bits per heavy atom. The topological polar surface area (TPSA) is 17.1 Å². The highest BCUT2D eigenvalue weighted by Crippen LogP contribution is 2.40. The molecular weight excluding hydrogens is 376 g/mol. The van der Waals surface area contributed by atoms with Crippen LogP contribution >= 0.6 is 0 Å². The lowest BCUT2D eigenvalue weighted by Gasteiger charge is -2.32. The summed E-state index contributed by atoms with van der Waals surface area (Å²) in [5.74, 6) is 0. The minimum Gasteiger partial charge on any atom is -0.298 e. The zero-order valence-electron chi connectivity index (χ0n) is 20.5. The maximum Gasteiger partial charge on any atom is 0.145 e. The Balaban J connectivity index is 2.65. The van der Waals surface area contributed by atoms with Gasteiger partial charge in [-0.15, -0.1) is 0 Å². The molecule has 0 aliphatic heterocycles. The van der Waals surface area contributed by atoms with E-state index in [0.717, 1.165) is 17.4 Å². The Kier molecular flexibility index (Phi) is 11.6. The first kappa shape index (κ1) is 26.4. The quantitative estimate of drug-likeness (QED) is 0.209. The van der Waals surface area contributed by atoms with Crippen molar-refractivity contribution in [1.82, 2.24) is 0 Å². The van der Waals surface area contributed by atoms with Gasteiger partial charge < -0.3 is 0 Å². The molecule has 0 radical (unpaired) electrons. The highest BCUT2D eigenvalue weighted by molar-refractivity contribution is 5.72. The molecule has 0 aromatic rings. The molecule has 1 rings (SSSR count). The normalized spacial score (nSPS) is 19.6. The lowest BCUT2D eigenvalue weighted by atomic mass is 9.72. The molecular formula is C30H40O. The summed E-state index contributed by atoms with van der Waals surface area (Å²) in [5, 5.41) is 0. The second-order valence-corrected chi connectivity index (χ2v) is 9.13. The number of aldehydes is 1. The fourth-order valence-corrected chi connectivity index (χ4v) is 3.55. The van der Waals surface area contributed by atoms with Crippen LogP contribution < -0.4 is 0 Å². The third-order valence-corrected chi connectivity index (χ3v) is 5.51. The van der Waals surface area contributed by atoms with E-state index in [1.807, 2.05) is 43.4 Å². The molecule has 0 saturated carbocycles. The molecule has 0 amide bonds. The van der Waals surface area contributed by atoms with Crippen molar-refractivity contribution in [2.45, 2.75) is 67.7 Å². The van der Waals surface area contributed by atoms with E-state index in [-0.39, 0.29) is 5.41 Å². The number of hydrogen-bond donors (Lipinski definition) is 0. The molecule has 0 bridgehead atoms. The third kappa shape index (κ3) is 10.8. The van der Waals surface area contributed by atoms with Gasteiger partial charge in [0.15, 0.2) is 0 Å². The van der Waals surface area contributed by atoms with Gasteiger partial charge in [0, 0.05) is 0 Å². The summed E-state index contributed by atoms with van der Waals surface area (Å²) in [4.78, 5) is 10.6. The number of carbonyl (C=O) groups is 1. The molecule has 0 atom stereocenters. The fraction of sp³-hybridized carbons (Fsp3) is 0.367. The molecule has 0 heterocycles. The smallest absolute Gasteiger partial charge is 0.145 e. The van der Waals surface area contributed by atoms with Gasteiger partial charge in [0.1, 0.15) is 6.29 Å². The van der Waals surface area contributed by atoms with Crippen molar-refractivity contribution in [1.29, 1.82) is 0 Å². The molecule has 0 N–H and O–H groups in total. The SMILES string of the molecule is CC1=C(/C=C/C(C)=C\C=C\C(C)=C\C=C\C=C(C)/C=C/C=C(\C)C=O)C(C)(C)CCC1. The van der Waals surface area contributed by atoms with Crippen molar-refractivity contribution in [2.24, 2.45) is 5.41 Å². The van der Waals surface area contributed by atoms with E-state index < -0.39 is 0 Å². The molecule has 0 saturated heterocycles. The maximum absolute atomic E-state index is 10.6. The van der Waals surface area contributed by atoms with Crippen molar-refractivity contribution >= 4 is 6.29 Å². The molecule has 166 valence electrons. The standard InChI is InChI=1S/C30H40O/c1-24(13-8-9-14-25(2)16-11-18-27(4)23-31)15-10-17-26(3)20-21-29-28(5)19-12-22-30(29,6)7/h8-11,13-18,20-21,23H,12,19,22H2,1-7H3/b9-8+,15-10+,16-11+,21-20+,24-13+,25-14-,26-17-,27-18+. The Labute approximate surface area is 190 Å². The second kappa shape index (κ2) is 13.6. The van der Waals surface area contributed by atoms with Gasteiger partial charge in [-0.1, -0.05) is 109 Å². The maximum atomic E-state index is 10.6. The summed E-state index contributed by atoms with van der Waals surface area (Å²) in [7, 11) is 0. The first-order valence-electron chi connectivity index (χ1n) is 11.2. The molecule has 0 spiro atoms. The van der Waals surface area contributed by atoms with E-state index in [2.05, 4.69) is 71.1 Å². The van der Waals surface area contributed by atoms with Crippen molar-refractivity contribution in [3.8, 4) is 0 Å². The monoisotopic (exact) mass is 416 g/mol. The van der Waals surface area contributed by atoms with E-state index in [0.29, 0.717) is 0 Å². The van der Waals surface area contributed by atoms with Crippen LogP contribution in [0.15, 0.2) is 106 Å². The summed E-state index contributed by atoms with van der Waals surface area (Å²) < 4.78 is 0. The summed E-state index contributed by atoms with van der Waals surface area (Å²) in [6, 6.07) is 0. The Hall–Kier alpha value is -2.67. The van der Waals surface area contributed by atoms with Crippen LogP contribution in [-0.2, 0) is 4.79 Å². The van der Waals surface area contributed by atoms with Gasteiger partial charge in [0.05, 0.1) is 0 Å². The van der Waals surface area contributed by atoms with E-state index in [4.69, 9.17) is 0 Å². The molecule has 31 heavy (non-hydrogen) atoms. The van der Waals surface area contributed by atoms with Crippen molar-refractivity contribution in [3.05, 3.63) is 106 Å². The number of rotatable bonds is 9. The number of carbonyl (C=O) groups excluding carboxylic acids is 1. The van der Waals surface area contributed by atoms with Gasteiger partial charge in [0.2, 0.25) is 0 Å². The van der Waals surface area contributed by atoms with Crippen LogP contribution in [0.3, 0.4) is 0 Å². The highest BCUT2D eigenvalue weighted by Gasteiger charge is 2.26. The molecule has 1 heteroatoms. The first-order chi connectivity index (χ1) is 14.7. The van der Waals surface area contributed by atoms with Crippen LogP contribution in [0.5, 0.6) is 0 Å². The van der Waals surface area contributed by atoms with E-state index >= 15 is 0 Å². The summed E-state index contributed by atoms with van der Waals surface area (Å²) in [6.45, 7) is 15.1. The lowest BCUT2D eigenvalue weighted by molar-refractivity contribution is -0.104. The predicted molar refractivity (Wildman–Crippen MR) is 138 cm³/mol. The van der Waals surface area contributed by atoms with E-state index in [9.17, 15) is 4.79 Å². The van der Waals surface area contributed by atoms with Crippen LogP contribution in [0.25, 0.3) is 0 Å². The third-order valence-electron chi connectivity index (χ3n) is 5.51. The fourth-order valence-electron chi connectivity index (χ4n) is 3.55. The molecule has 0 fully saturated rings. The molecule has 1 aliphatic carbocycles. The lowest BCUT2D eigenvalue weighted by Crippen LogP contribution is -2.19. The van der Waals surface area contributed by atoms with E-state index in [1.165, 1.54) is 41.6 Å². The molecule has 1 nitrogen and oxygen atoms in total. The minimum atomic E-state index is 0.286. The van der Waals surface area contributed by atoms with Gasteiger partial charge in [-0.3, -0.25) is 4.79 Å². The van der Waals surface area contributed by atoms with E-state index in [1.54, 1.807) is 6.92 Å². The van der Waals surface area contributed by atoms with Crippen molar-refractivity contribution in [2.75, 3.05) is 0 Å². The van der Waals surface area contributed by atoms with Gasteiger partial charge in [-0.05, 0) is 70.4 Å². The summed E-state index contributed by atoms with van der Waals surface area (Å²) in [6.07, 6.45) is 29.5. The molecule has 0 aromatic carbocycles. The number of hydrogen-bond acceptors (Lipinski definition) is 1. The molecule has 0 unspecified atom stereocenters. The first-order valence-corrected chi connectivity index (χ1v) is 11.2. The summed E-state index contributed by atoms with van der Waals surface area (Å²) >= 11 is 0. The van der Waals surface area contributed by atoms with Crippen molar-refractivity contribution < 1.29 is 4.79 Å². The Morgan fingerprint density at radius 3 is 1.74 bits per heavy atom. The van der Waals surface area contributed by atoms with Crippen molar-refractivity contribution in [3.63, 3.8) is 0 Å². The average molecular weight is 417 g/mol. The highest BCUT2D eigenvalue weighted by atomic mass is 16.1. The van der Waals surface area contributed by atoms with Gasteiger partial charge in [0.25, 0.3) is 0 Å². The predicted octanol–water partition coefficient (Wildman–Crippen LogP) is 8.72. The van der Waals surface area contributed by atoms with Crippen LogP contribution in [0.2, 0.25) is 0 Å². The van der Waals surface area contributed by atoms with Gasteiger partial charge >= 0.3 is 0 Å². The Bertz CT molecular complexity index is 887. The number of allylic oxidation sites excluding steroid dienone is 18. The van der Waals surface area contributed by atoms with Crippen LogP contribution in [0.4, 0.5) is 0 Å². The van der Waals surface area contributed by atoms with Crippen LogP contribution in [0, 0.1) is 5.41 Å². The summed E-state index contributed by atoms with van der Waals surface area (Å²) in [5.41, 5.74) is 7.62. The van der Waals surface area contributed by atoms with Gasteiger partial charge in [-0.2, -0.15) is 0 Å². The minimum absolute atomic E-state index is 0.286. The zero-order valence-corrected chi connectivity index (χ0v) is 20.5. The second-order valence-electron chi connectivity index (χ2n) is 9.13. The van der Waals surface area contributed by atoms with Gasteiger partial charge in [-0.25, -0.2) is 0 Å². The molecule has 0 aromatic heterocycles. The average Bonchev–Trinajstić information content (AvgIpc) is 2.70. The largest absolute Gasteiger partial charge is 0.298 e. The van der Waals surface area contributed by atoms with Crippen LogP contribution in [-0.4, -0.2) is 6.29 Å². The molecule has 1 aliphatic rings. The zero-order chi connectivity index (χ0) is 23.3.